The number of nitriles is 1. The van der Waals surface area contributed by atoms with Crippen LogP contribution in [0.3, 0.4) is 0 Å². The van der Waals surface area contributed by atoms with Crippen molar-refractivity contribution in [2.24, 2.45) is 5.92 Å². The number of carbonyl (C=O) groups is 2. The Morgan fingerprint density at radius 3 is 2.40 bits per heavy atom. The molecule has 0 fully saturated rings. The molecular formula is C14H14N2O4. The van der Waals surface area contributed by atoms with Gasteiger partial charge in [-0.3, -0.25) is 4.79 Å². The third-order valence-corrected chi connectivity index (χ3v) is 2.54. The number of nitrogens with one attached hydrogen (secondary N) is 1. The van der Waals surface area contributed by atoms with Gasteiger partial charge in [0.05, 0.1) is 18.7 Å². The molecule has 0 aliphatic carbocycles. The third-order valence-electron chi connectivity index (χ3n) is 2.54. The highest BCUT2D eigenvalue weighted by Gasteiger charge is 2.20. The molecule has 0 amide bonds. The van der Waals surface area contributed by atoms with Crippen molar-refractivity contribution in [3.63, 3.8) is 0 Å². The minimum absolute atomic E-state index is 0.0119. The summed E-state index contributed by atoms with van der Waals surface area (Å²) in [5.41, 5.74) is 0.360. The number of nitrogens with zero attached hydrogens (tertiary/aromatic N) is 1. The van der Waals surface area contributed by atoms with Gasteiger partial charge >= 0.3 is 5.97 Å². The summed E-state index contributed by atoms with van der Waals surface area (Å²) in [7, 11) is 1.28. The fourth-order valence-electron chi connectivity index (χ4n) is 1.45. The molecule has 1 aromatic carbocycles. The summed E-state index contributed by atoms with van der Waals surface area (Å²) in [6, 6.07) is 7.82. The summed E-state index contributed by atoms with van der Waals surface area (Å²) in [5, 5.41) is 16.1. The molecule has 0 bridgehead atoms. The second kappa shape index (κ2) is 7.04. The molecule has 0 heterocycles. The van der Waals surface area contributed by atoms with Gasteiger partial charge in [-0.1, -0.05) is 0 Å². The molecule has 0 spiro atoms. The number of esters is 1. The lowest BCUT2D eigenvalue weighted by Crippen LogP contribution is -2.25. The smallest absolute Gasteiger partial charge is 0.337 e. The summed E-state index contributed by atoms with van der Waals surface area (Å²) in [6.45, 7) is 1.10. The van der Waals surface area contributed by atoms with Crippen LogP contribution in [0, 0.1) is 22.7 Å². The van der Waals surface area contributed by atoms with Gasteiger partial charge in [0.1, 0.15) is 18.3 Å². The Hall–Kier alpha value is -2.68. The number of methoxy groups -OCH3 is 1. The molecule has 1 N–H and O–H groups in total. The van der Waals surface area contributed by atoms with Crippen molar-refractivity contribution in [1.29, 1.82) is 10.7 Å². The number of ether oxygens (including phenoxy) is 2. The zero-order valence-electron chi connectivity index (χ0n) is 11.2. The van der Waals surface area contributed by atoms with Crippen molar-refractivity contribution in [1.82, 2.24) is 0 Å². The summed E-state index contributed by atoms with van der Waals surface area (Å²) in [4.78, 5) is 22.9. The van der Waals surface area contributed by atoms with Crippen LogP contribution in [-0.4, -0.2) is 31.2 Å². The van der Waals surface area contributed by atoms with Crippen LogP contribution in [0.2, 0.25) is 0 Å². The van der Waals surface area contributed by atoms with Crippen LogP contribution in [0.1, 0.15) is 17.3 Å². The monoisotopic (exact) mass is 274 g/mol. The van der Waals surface area contributed by atoms with Crippen LogP contribution in [0.25, 0.3) is 0 Å². The minimum Gasteiger partial charge on any atom is -0.486 e. The minimum atomic E-state index is -1.08. The van der Waals surface area contributed by atoms with Gasteiger partial charge < -0.3 is 14.9 Å². The van der Waals surface area contributed by atoms with Gasteiger partial charge in [0, 0.05) is 5.71 Å². The largest absolute Gasteiger partial charge is 0.486 e. The number of rotatable bonds is 6. The normalized spacial score (nSPS) is 11.1. The Labute approximate surface area is 116 Å². The molecule has 0 aliphatic rings. The zero-order valence-corrected chi connectivity index (χ0v) is 11.2. The molecular weight excluding hydrogens is 260 g/mol. The van der Waals surface area contributed by atoms with Crippen molar-refractivity contribution in [2.75, 3.05) is 13.7 Å². The number of carbonyl (C=O) groups excluding carboxylic acids is 2. The first-order valence-electron chi connectivity index (χ1n) is 5.78. The van der Waals surface area contributed by atoms with E-state index in [2.05, 4.69) is 4.74 Å². The van der Waals surface area contributed by atoms with Crippen LogP contribution < -0.4 is 4.74 Å². The van der Waals surface area contributed by atoms with E-state index in [0.29, 0.717) is 11.3 Å². The van der Waals surface area contributed by atoms with Gasteiger partial charge in [-0.25, -0.2) is 4.79 Å². The lowest BCUT2D eigenvalue weighted by atomic mass is 10.0. The Bertz CT molecular complexity index is 558. The van der Waals surface area contributed by atoms with Crippen LogP contribution >= 0.6 is 0 Å². The average molecular weight is 274 g/mol. The average Bonchev–Trinajstić information content (AvgIpc) is 2.45. The van der Waals surface area contributed by atoms with Gasteiger partial charge in [0.15, 0.2) is 5.78 Å². The second-order valence-corrected chi connectivity index (χ2v) is 4.02. The van der Waals surface area contributed by atoms with E-state index in [-0.39, 0.29) is 12.3 Å². The maximum Gasteiger partial charge on any atom is 0.337 e. The highest BCUT2D eigenvalue weighted by Crippen LogP contribution is 2.13. The lowest BCUT2D eigenvalue weighted by Gasteiger charge is -2.08. The van der Waals surface area contributed by atoms with Crippen molar-refractivity contribution < 1.29 is 19.1 Å². The van der Waals surface area contributed by atoms with Gasteiger partial charge in [-0.2, -0.15) is 5.26 Å². The van der Waals surface area contributed by atoms with E-state index >= 15 is 0 Å². The van der Waals surface area contributed by atoms with Crippen molar-refractivity contribution >= 4 is 17.5 Å². The van der Waals surface area contributed by atoms with Crippen molar-refractivity contribution in [2.45, 2.75) is 6.92 Å². The maximum atomic E-state index is 11.6. The first-order chi connectivity index (χ1) is 9.49. The molecule has 0 saturated carbocycles. The summed E-state index contributed by atoms with van der Waals surface area (Å²) in [6.07, 6.45) is 0. The summed E-state index contributed by atoms with van der Waals surface area (Å²) in [5.74, 6) is -1.62. The standard InChI is InChI=1S/C14H14N2O4/c1-9(16)12(7-15)13(17)8-20-11-5-3-10(4-6-11)14(18)19-2/h3-6,12,16H,8H2,1-2H3. The molecule has 104 valence electrons. The predicted octanol–water partition coefficient (Wildman–Crippen LogP) is 1.60. The van der Waals surface area contributed by atoms with Crippen LogP contribution in [0.4, 0.5) is 0 Å². The van der Waals surface area contributed by atoms with E-state index in [1.165, 1.54) is 38.3 Å². The van der Waals surface area contributed by atoms with Gasteiger partial charge in [0.2, 0.25) is 0 Å². The first kappa shape index (κ1) is 15.4. The quantitative estimate of drug-likeness (QED) is 0.627. The molecule has 0 saturated heterocycles. The molecule has 1 rings (SSSR count). The van der Waals surface area contributed by atoms with E-state index in [4.69, 9.17) is 15.4 Å². The summed E-state index contributed by atoms with van der Waals surface area (Å²) >= 11 is 0. The molecule has 1 atom stereocenters. The van der Waals surface area contributed by atoms with Crippen molar-refractivity contribution in [3.05, 3.63) is 29.8 Å². The van der Waals surface area contributed by atoms with Crippen LogP contribution in [-0.2, 0) is 9.53 Å². The molecule has 6 nitrogen and oxygen atoms in total. The van der Waals surface area contributed by atoms with Crippen LogP contribution in [0.15, 0.2) is 24.3 Å². The Morgan fingerprint density at radius 1 is 1.35 bits per heavy atom. The van der Waals surface area contributed by atoms with Gasteiger partial charge in [-0.05, 0) is 31.2 Å². The number of hydrogen-bond donors (Lipinski definition) is 1. The second-order valence-electron chi connectivity index (χ2n) is 4.02. The van der Waals surface area contributed by atoms with E-state index in [0.717, 1.165) is 0 Å². The number of Topliss-reactive ketones (excluding diaryl/α,β-unsaturated/α-hetero) is 1. The fourth-order valence-corrected chi connectivity index (χ4v) is 1.45. The number of benzene rings is 1. The van der Waals surface area contributed by atoms with Crippen LogP contribution in [0.5, 0.6) is 5.75 Å². The zero-order chi connectivity index (χ0) is 15.1. The molecule has 0 aromatic heterocycles. The molecule has 6 heteroatoms. The maximum absolute atomic E-state index is 11.6. The van der Waals surface area contributed by atoms with Crippen molar-refractivity contribution in [3.8, 4) is 11.8 Å². The fraction of sp³-hybridized carbons (Fsp3) is 0.286. The molecule has 0 radical (unpaired) electrons. The molecule has 0 aliphatic heterocycles. The highest BCUT2D eigenvalue weighted by atomic mass is 16.5. The van der Waals surface area contributed by atoms with E-state index in [1.807, 2.05) is 0 Å². The van der Waals surface area contributed by atoms with E-state index in [9.17, 15) is 9.59 Å². The topological polar surface area (TPSA) is 100 Å². The Balaban J connectivity index is 2.63. The predicted molar refractivity (Wildman–Crippen MR) is 70.8 cm³/mol. The third kappa shape index (κ3) is 3.92. The van der Waals surface area contributed by atoms with Gasteiger partial charge in [0.25, 0.3) is 0 Å². The SMILES string of the molecule is COC(=O)c1ccc(OCC(=O)C(C#N)C(C)=N)cc1. The van der Waals surface area contributed by atoms with E-state index in [1.54, 1.807) is 6.07 Å². The van der Waals surface area contributed by atoms with Gasteiger partial charge in [-0.15, -0.1) is 0 Å². The Kier molecular flexibility index (Phi) is 5.42. The number of hydrogen-bond acceptors (Lipinski definition) is 6. The van der Waals surface area contributed by atoms with E-state index < -0.39 is 17.7 Å². The molecule has 1 unspecified atom stereocenters. The number of ketones is 1. The Morgan fingerprint density at radius 2 is 1.95 bits per heavy atom. The first-order valence-corrected chi connectivity index (χ1v) is 5.78. The summed E-state index contributed by atoms with van der Waals surface area (Å²) < 4.78 is 9.77. The molecule has 1 aromatic rings. The highest BCUT2D eigenvalue weighted by molar-refractivity contribution is 6.05. The lowest BCUT2D eigenvalue weighted by molar-refractivity contribution is -0.121. The molecule has 20 heavy (non-hydrogen) atoms.